The maximum atomic E-state index is 14.7. The molecule has 8 heteroatoms. The smallest absolute Gasteiger partial charge is 0.186 e. The van der Waals surface area contributed by atoms with Crippen LogP contribution in [0.5, 0.6) is 0 Å². The van der Waals surface area contributed by atoms with E-state index in [0.29, 0.717) is 15.4 Å². The van der Waals surface area contributed by atoms with Crippen LogP contribution in [0.3, 0.4) is 0 Å². The van der Waals surface area contributed by atoms with E-state index in [0.717, 1.165) is 11.6 Å². The number of rotatable bonds is 6. The Morgan fingerprint density at radius 3 is 2.75 bits per heavy atom. The number of hydrogen-bond acceptors (Lipinski definition) is 4. The molecule has 4 nitrogen and oxygen atoms in total. The molecule has 1 fully saturated rings. The standard InChI is InChI=1S/C20H18ClF2N3OS/c1-12(2)28-19-24-11-25-26(19)10-20(15-8-7-13(22)9-17(15)23)18(27-20)14-5-3-4-6-16(14)21/h3-9,11-12,18H,10H2,1-2H3/t18-,20-/m1/s1. The van der Waals surface area contributed by atoms with Crippen molar-refractivity contribution in [3.05, 3.63) is 76.6 Å². The van der Waals surface area contributed by atoms with Gasteiger partial charge in [-0.1, -0.05) is 61.5 Å². The van der Waals surface area contributed by atoms with Crippen molar-refractivity contribution in [1.29, 1.82) is 0 Å². The van der Waals surface area contributed by atoms with E-state index in [9.17, 15) is 8.78 Å². The molecule has 28 heavy (non-hydrogen) atoms. The molecule has 2 atom stereocenters. The van der Waals surface area contributed by atoms with Gasteiger partial charge in [-0.2, -0.15) is 5.10 Å². The van der Waals surface area contributed by atoms with Gasteiger partial charge in [0, 0.05) is 27.5 Å². The van der Waals surface area contributed by atoms with Crippen LogP contribution in [0.4, 0.5) is 8.78 Å². The highest BCUT2D eigenvalue weighted by molar-refractivity contribution is 7.99. The second kappa shape index (κ2) is 7.46. The summed E-state index contributed by atoms with van der Waals surface area (Å²) >= 11 is 7.90. The maximum Gasteiger partial charge on any atom is 0.186 e. The van der Waals surface area contributed by atoms with Crippen LogP contribution in [0.25, 0.3) is 0 Å². The van der Waals surface area contributed by atoms with Gasteiger partial charge in [0.15, 0.2) is 5.16 Å². The summed E-state index contributed by atoms with van der Waals surface area (Å²) in [4.78, 5) is 4.29. The third kappa shape index (κ3) is 3.54. The molecule has 1 aliphatic rings. The third-order valence-electron chi connectivity index (χ3n) is 4.57. The Hall–Kier alpha value is -1.96. The van der Waals surface area contributed by atoms with Crippen LogP contribution < -0.4 is 0 Å². The first-order valence-electron chi connectivity index (χ1n) is 8.83. The van der Waals surface area contributed by atoms with Crippen molar-refractivity contribution >= 4 is 23.4 Å². The number of aromatic nitrogens is 3. The predicted octanol–water partition coefficient (Wildman–Crippen LogP) is 5.38. The van der Waals surface area contributed by atoms with E-state index in [1.165, 1.54) is 18.5 Å². The number of halogens is 3. The molecule has 0 saturated carbocycles. The zero-order valence-electron chi connectivity index (χ0n) is 15.3. The Morgan fingerprint density at radius 1 is 1.25 bits per heavy atom. The van der Waals surface area contributed by atoms with Gasteiger partial charge in [0.1, 0.15) is 29.7 Å². The lowest BCUT2D eigenvalue weighted by Gasteiger charge is -2.17. The van der Waals surface area contributed by atoms with Crippen molar-refractivity contribution in [2.24, 2.45) is 0 Å². The quantitative estimate of drug-likeness (QED) is 0.396. The Morgan fingerprint density at radius 2 is 2.04 bits per heavy atom. The zero-order valence-corrected chi connectivity index (χ0v) is 16.8. The van der Waals surface area contributed by atoms with E-state index < -0.39 is 23.3 Å². The van der Waals surface area contributed by atoms with Crippen molar-refractivity contribution in [1.82, 2.24) is 14.8 Å². The molecule has 2 heterocycles. The molecule has 3 aromatic rings. The van der Waals surface area contributed by atoms with Gasteiger partial charge in [-0.25, -0.2) is 18.4 Å². The number of ether oxygens (including phenoxy) is 1. The fourth-order valence-corrected chi connectivity index (χ4v) is 4.31. The van der Waals surface area contributed by atoms with Crippen molar-refractivity contribution in [2.45, 2.75) is 42.5 Å². The number of epoxide rings is 1. The van der Waals surface area contributed by atoms with Gasteiger partial charge in [0.2, 0.25) is 0 Å². The molecular formula is C20H18ClF2N3OS. The summed E-state index contributed by atoms with van der Waals surface area (Å²) in [5.74, 6) is -1.30. The molecule has 0 N–H and O–H groups in total. The second-order valence-corrected chi connectivity index (χ2v) is 8.85. The van der Waals surface area contributed by atoms with Crippen LogP contribution in [0.15, 0.2) is 53.9 Å². The third-order valence-corrected chi connectivity index (χ3v) is 5.92. The molecule has 1 aliphatic heterocycles. The average molecular weight is 422 g/mol. The SMILES string of the molecule is CC(C)Sc1ncnn1C[C@]1(c2ccc(F)cc2F)O[C@@H]1c1ccccc1Cl. The average Bonchev–Trinajstić information content (AvgIpc) is 3.18. The van der Waals surface area contributed by atoms with E-state index in [1.54, 1.807) is 22.5 Å². The van der Waals surface area contributed by atoms with Crippen molar-refractivity contribution < 1.29 is 13.5 Å². The lowest BCUT2D eigenvalue weighted by Crippen LogP contribution is -2.22. The van der Waals surface area contributed by atoms with Crippen LogP contribution in [0, 0.1) is 11.6 Å². The Bertz CT molecular complexity index is 1010. The first-order valence-corrected chi connectivity index (χ1v) is 10.1. The molecule has 0 radical (unpaired) electrons. The zero-order chi connectivity index (χ0) is 19.9. The van der Waals surface area contributed by atoms with Gasteiger partial charge in [0.25, 0.3) is 0 Å². The Balaban J connectivity index is 1.76. The summed E-state index contributed by atoms with van der Waals surface area (Å²) < 4.78 is 36.0. The molecule has 1 aromatic heterocycles. The number of benzene rings is 2. The predicted molar refractivity (Wildman–Crippen MR) is 104 cm³/mol. The first-order chi connectivity index (χ1) is 13.4. The normalized spacial score (nSPS) is 21.3. The highest BCUT2D eigenvalue weighted by Gasteiger charge is 2.61. The molecule has 0 amide bonds. The highest BCUT2D eigenvalue weighted by atomic mass is 35.5. The van der Waals surface area contributed by atoms with Crippen LogP contribution in [-0.2, 0) is 16.9 Å². The summed E-state index contributed by atoms with van der Waals surface area (Å²) in [5.41, 5.74) is -0.0103. The van der Waals surface area contributed by atoms with E-state index in [1.807, 2.05) is 18.2 Å². The van der Waals surface area contributed by atoms with Crippen molar-refractivity contribution in [3.63, 3.8) is 0 Å². The molecular weight excluding hydrogens is 404 g/mol. The number of hydrogen-bond donors (Lipinski definition) is 0. The summed E-state index contributed by atoms with van der Waals surface area (Å²) in [6.45, 7) is 4.35. The fraction of sp³-hybridized carbons (Fsp3) is 0.300. The largest absolute Gasteiger partial charge is 0.354 e. The number of nitrogens with zero attached hydrogens (tertiary/aromatic N) is 3. The number of thioether (sulfide) groups is 1. The minimum absolute atomic E-state index is 0.237. The van der Waals surface area contributed by atoms with Crippen molar-refractivity contribution in [3.8, 4) is 0 Å². The van der Waals surface area contributed by atoms with Gasteiger partial charge in [-0.15, -0.1) is 0 Å². The lowest BCUT2D eigenvalue weighted by molar-refractivity contribution is 0.250. The maximum absolute atomic E-state index is 14.7. The van der Waals surface area contributed by atoms with Crippen molar-refractivity contribution in [2.75, 3.05) is 0 Å². The van der Waals surface area contributed by atoms with Crippen LogP contribution >= 0.6 is 23.4 Å². The molecule has 0 unspecified atom stereocenters. The minimum Gasteiger partial charge on any atom is -0.354 e. The lowest BCUT2D eigenvalue weighted by atomic mass is 9.91. The molecule has 146 valence electrons. The highest BCUT2D eigenvalue weighted by Crippen LogP contribution is 2.59. The van der Waals surface area contributed by atoms with Gasteiger partial charge in [-0.3, -0.25) is 0 Å². The summed E-state index contributed by atoms with van der Waals surface area (Å²) in [7, 11) is 0. The Kier molecular flexibility index (Phi) is 5.16. The first kappa shape index (κ1) is 19.4. The van der Waals surface area contributed by atoms with E-state index in [-0.39, 0.29) is 12.1 Å². The van der Waals surface area contributed by atoms with E-state index >= 15 is 0 Å². The van der Waals surface area contributed by atoms with Gasteiger partial charge < -0.3 is 4.74 Å². The molecule has 2 aromatic carbocycles. The molecule has 1 saturated heterocycles. The van der Waals surface area contributed by atoms with E-state index in [4.69, 9.17) is 16.3 Å². The summed E-state index contributed by atoms with van der Waals surface area (Å²) in [6.07, 6.45) is 0.994. The summed E-state index contributed by atoms with van der Waals surface area (Å²) in [6, 6.07) is 10.8. The molecule has 0 aliphatic carbocycles. The minimum atomic E-state index is -1.04. The van der Waals surface area contributed by atoms with Gasteiger partial charge in [0.05, 0.1) is 6.54 Å². The van der Waals surface area contributed by atoms with Gasteiger partial charge >= 0.3 is 0 Å². The molecule has 0 spiro atoms. The van der Waals surface area contributed by atoms with E-state index in [2.05, 4.69) is 23.9 Å². The summed E-state index contributed by atoms with van der Waals surface area (Å²) in [5, 5.41) is 5.85. The second-order valence-electron chi connectivity index (χ2n) is 6.90. The van der Waals surface area contributed by atoms with Gasteiger partial charge in [-0.05, 0) is 12.1 Å². The molecule has 0 bridgehead atoms. The molecule has 4 rings (SSSR count). The monoisotopic (exact) mass is 421 g/mol. The topological polar surface area (TPSA) is 43.2 Å². The van der Waals surface area contributed by atoms with Crippen LogP contribution in [-0.4, -0.2) is 20.0 Å². The van der Waals surface area contributed by atoms with Crippen LogP contribution in [0.2, 0.25) is 5.02 Å². The van der Waals surface area contributed by atoms with Crippen LogP contribution in [0.1, 0.15) is 31.1 Å². The fourth-order valence-electron chi connectivity index (χ4n) is 3.31. The Labute approximate surface area is 170 Å².